The van der Waals surface area contributed by atoms with E-state index in [0.717, 1.165) is 25.0 Å². The third-order valence-corrected chi connectivity index (χ3v) is 9.94. The molecule has 4 atom stereocenters. The molecule has 0 heterocycles. The van der Waals surface area contributed by atoms with Crippen molar-refractivity contribution < 1.29 is 27.1 Å². The van der Waals surface area contributed by atoms with Crippen LogP contribution in [0.3, 0.4) is 0 Å². The number of fused-ring (bicyclic) bond motifs is 2. The Morgan fingerprint density at radius 1 is 1.21 bits per heavy atom. The fourth-order valence-corrected chi connectivity index (χ4v) is 7.77. The molecule has 0 aromatic heterocycles. The minimum atomic E-state index is -3.90. The maximum absolute atomic E-state index is 13.6. The monoisotopic (exact) mass is 509 g/mol. The van der Waals surface area contributed by atoms with Gasteiger partial charge >= 0.3 is 0 Å². The van der Waals surface area contributed by atoms with E-state index in [4.69, 9.17) is 11.6 Å². The Labute approximate surface area is 202 Å². The van der Waals surface area contributed by atoms with Gasteiger partial charge in [-0.15, -0.1) is 6.58 Å². The molecule has 0 saturated heterocycles. The molecule has 0 spiro atoms. The zero-order chi connectivity index (χ0) is 24.8. The van der Waals surface area contributed by atoms with Crippen molar-refractivity contribution in [1.29, 1.82) is 0 Å². The number of nitrogens with one attached hydrogen (secondary N) is 1. The molecule has 2 saturated carbocycles. The lowest BCUT2D eigenvalue weighted by Crippen LogP contribution is -2.45. The summed E-state index contributed by atoms with van der Waals surface area (Å²) in [6, 6.07) is 5.63. The lowest BCUT2D eigenvalue weighted by molar-refractivity contribution is -0.0413. The predicted octanol–water partition coefficient (Wildman–Crippen LogP) is 5.31. The average Bonchev–Trinajstić information content (AvgIpc) is 2.93. The van der Waals surface area contributed by atoms with Crippen molar-refractivity contribution in [1.82, 2.24) is 0 Å². The minimum Gasteiger partial charge on any atom is -0.390 e. The summed E-state index contributed by atoms with van der Waals surface area (Å²) in [5.74, 6) is -3.07. The van der Waals surface area contributed by atoms with Crippen molar-refractivity contribution in [2.24, 2.45) is 11.8 Å². The third-order valence-electron chi connectivity index (χ3n) is 7.30. The molecule has 1 amide bonds. The van der Waals surface area contributed by atoms with Crippen molar-refractivity contribution in [2.45, 2.75) is 54.8 Å². The van der Waals surface area contributed by atoms with Crippen LogP contribution in [0.4, 0.5) is 14.5 Å². The normalized spacial score (nSPS) is 26.3. The quantitative estimate of drug-likeness (QED) is 0.517. The summed E-state index contributed by atoms with van der Waals surface area (Å²) in [7, 11) is -3.90. The van der Waals surface area contributed by atoms with Crippen molar-refractivity contribution in [2.75, 3.05) is 5.32 Å². The number of aliphatic hydroxyl groups is 1. The van der Waals surface area contributed by atoms with Crippen molar-refractivity contribution in [3.8, 4) is 0 Å². The van der Waals surface area contributed by atoms with Gasteiger partial charge in [0.05, 0.1) is 20.8 Å². The summed E-state index contributed by atoms with van der Waals surface area (Å²) in [6.45, 7) is 5.44. The van der Waals surface area contributed by atoms with Gasteiger partial charge < -0.3 is 10.4 Å². The van der Waals surface area contributed by atoms with Gasteiger partial charge in [-0.25, -0.2) is 17.2 Å². The number of benzene rings is 2. The molecule has 2 aliphatic rings. The summed E-state index contributed by atoms with van der Waals surface area (Å²) < 4.78 is 54.0. The predicted molar refractivity (Wildman–Crippen MR) is 127 cm³/mol. The van der Waals surface area contributed by atoms with Gasteiger partial charge in [0.15, 0.2) is 21.5 Å². The fraction of sp³-hybridized carbons (Fsp3) is 0.400. The molecule has 2 aromatic rings. The van der Waals surface area contributed by atoms with Crippen molar-refractivity contribution >= 4 is 33.0 Å². The average molecular weight is 510 g/mol. The number of hydrogen-bond donors (Lipinski definition) is 2. The molecule has 2 bridgehead atoms. The van der Waals surface area contributed by atoms with Gasteiger partial charge in [0.25, 0.3) is 5.91 Å². The van der Waals surface area contributed by atoms with E-state index in [2.05, 4.69) is 11.9 Å². The van der Waals surface area contributed by atoms with Crippen LogP contribution in [0.25, 0.3) is 0 Å². The first-order chi connectivity index (χ1) is 15.9. The number of carbonyl (C=O) groups is 1. The van der Waals surface area contributed by atoms with Crippen LogP contribution in [0.15, 0.2) is 47.9 Å². The van der Waals surface area contributed by atoms with E-state index >= 15 is 0 Å². The standard InChI is InChI=1S/C25H26ClF2NO4S/c1-3-4-14-9-20(26)23(13-19(14)24(30)29-17-7-8-21(27)22(28)12-17)34(32,33)18-10-15-5-6-16(11-18)25(15,2)31/h3,7-9,12-13,15-16,18,31H,1,4-6,10-11H2,2H3,(H,29,30)/t15-,16?,18-,25-/m0/s1. The Morgan fingerprint density at radius 3 is 2.44 bits per heavy atom. The van der Waals surface area contributed by atoms with E-state index in [-0.39, 0.29) is 39.4 Å². The third kappa shape index (κ3) is 4.39. The molecular formula is C25H26ClF2NO4S. The molecule has 1 unspecified atom stereocenters. The zero-order valence-corrected chi connectivity index (χ0v) is 20.2. The molecule has 34 heavy (non-hydrogen) atoms. The highest BCUT2D eigenvalue weighted by molar-refractivity contribution is 7.92. The number of carbonyl (C=O) groups excluding carboxylic acids is 1. The maximum Gasteiger partial charge on any atom is 0.255 e. The second-order valence-electron chi connectivity index (χ2n) is 9.35. The zero-order valence-electron chi connectivity index (χ0n) is 18.7. The van der Waals surface area contributed by atoms with Crippen LogP contribution in [-0.2, 0) is 16.3 Å². The maximum atomic E-state index is 13.6. The van der Waals surface area contributed by atoms with Crippen LogP contribution in [0, 0.1) is 23.5 Å². The number of sulfone groups is 1. The van der Waals surface area contributed by atoms with E-state index in [1.165, 1.54) is 18.2 Å². The molecular weight excluding hydrogens is 484 g/mol. The van der Waals surface area contributed by atoms with E-state index in [9.17, 15) is 27.1 Å². The van der Waals surface area contributed by atoms with Gasteiger partial charge in [0, 0.05) is 17.3 Å². The topological polar surface area (TPSA) is 83.5 Å². The Balaban J connectivity index is 1.70. The van der Waals surface area contributed by atoms with Gasteiger partial charge in [-0.05, 0) is 80.7 Å². The lowest BCUT2D eigenvalue weighted by Gasteiger charge is -2.40. The summed E-state index contributed by atoms with van der Waals surface area (Å²) in [5, 5.41) is 12.5. The molecule has 4 rings (SSSR count). The molecule has 5 nitrogen and oxygen atoms in total. The molecule has 2 fully saturated rings. The lowest BCUT2D eigenvalue weighted by atomic mass is 9.76. The van der Waals surface area contributed by atoms with Gasteiger partial charge in [0.1, 0.15) is 0 Å². The molecule has 2 aliphatic carbocycles. The second-order valence-corrected chi connectivity index (χ2v) is 12.0. The summed E-state index contributed by atoms with van der Waals surface area (Å²) in [6.07, 6.45) is 4.00. The highest BCUT2D eigenvalue weighted by Crippen LogP contribution is 2.51. The van der Waals surface area contributed by atoms with E-state index < -0.39 is 38.2 Å². The van der Waals surface area contributed by atoms with E-state index in [0.29, 0.717) is 18.4 Å². The largest absolute Gasteiger partial charge is 0.390 e. The van der Waals surface area contributed by atoms with Crippen molar-refractivity contribution in [3.05, 3.63) is 70.8 Å². The SMILES string of the molecule is C=CCc1cc(Cl)c(S(=O)(=O)[C@@H]2CC3CC[C@@H](C2)[C@]3(C)O)cc1C(=O)Nc1ccc(F)c(F)c1. The Hall–Kier alpha value is -2.29. The van der Waals surface area contributed by atoms with Crippen LogP contribution in [0.5, 0.6) is 0 Å². The fourth-order valence-electron chi connectivity index (χ4n) is 5.32. The number of allylic oxidation sites excluding steroid dienone is 1. The summed E-state index contributed by atoms with van der Waals surface area (Å²) in [4.78, 5) is 12.9. The van der Waals surface area contributed by atoms with Gasteiger partial charge in [-0.1, -0.05) is 17.7 Å². The molecule has 2 aromatic carbocycles. The minimum absolute atomic E-state index is 0.00547. The Bertz CT molecular complexity index is 1250. The van der Waals surface area contributed by atoms with E-state index in [1.807, 2.05) is 0 Å². The first-order valence-electron chi connectivity index (χ1n) is 11.1. The first-order valence-corrected chi connectivity index (χ1v) is 13.0. The molecule has 0 aliphatic heterocycles. The second kappa shape index (κ2) is 9.06. The Kier molecular flexibility index (Phi) is 6.61. The molecule has 9 heteroatoms. The van der Waals surface area contributed by atoms with E-state index in [1.54, 1.807) is 13.0 Å². The van der Waals surface area contributed by atoms with Crippen LogP contribution in [-0.4, -0.2) is 30.3 Å². The Morgan fingerprint density at radius 2 is 1.85 bits per heavy atom. The molecule has 0 radical (unpaired) electrons. The van der Waals surface area contributed by atoms with Crippen LogP contribution in [0.1, 0.15) is 48.5 Å². The smallest absolute Gasteiger partial charge is 0.255 e. The number of anilines is 1. The summed E-state index contributed by atoms with van der Waals surface area (Å²) in [5.41, 5.74) is -0.345. The van der Waals surface area contributed by atoms with Crippen LogP contribution >= 0.6 is 11.6 Å². The molecule has 182 valence electrons. The highest BCUT2D eigenvalue weighted by Gasteiger charge is 2.53. The number of halogens is 3. The molecule has 2 N–H and O–H groups in total. The number of amides is 1. The van der Waals surface area contributed by atoms with Gasteiger partial charge in [0.2, 0.25) is 0 Å². The first kappa shape index (κ1) is 24.8. The number of hydrogen-bond acceptors (Lipinski definition) is 4. The number of rotatable bonds is 6. The van der Waals surface area contributed by atoms with Gasteiger partial charge in [-0.3, -0.25) is 4.79 Å². The van der Waals surface area contributed by atoms with Crippen LogP contribution < -0.4 is 5.32 Å². The summed E-state index contributed by atoms with van der Waals surface area (Å²) >= 11 is 6.40. The van der Waals surface area contributed by atoms with Gasteiger partial charge in [-0.2, -0.15) is 0 Å². The van der Waals surface area contributed by atoms with Crippen LogP contribution in [0.2, 0.25) is 5.02 Å². The van der Waals surface area contributed by atoms with Crippen molar-refractivity contribution in [3.63, 3.8) is 0 Å². The highest BCUT2D eigenvalue weighted by atomic mass is 35.5.